The third-order valence-electron chi connectivity index (χ3n) is 3.88. The normalized spacial score (nSPS) is 12.0. The van der Waals surface area contributed by atoms with Gasteiger partial charge in [-0.2, -0.15) is 0 Å². The molecule has 0 bridgehead atoms. The summed E-state index contributed by atoms with van der Waals surface area (Å²) in [5.74, 6) is 0. The van der Waals surface area contributed by atoms with Crippen molar-refractivity contribution in [1.82, 2.24) is 4.57 Å². The predicted molar refractivity (Wildman–Crippen MR) is 98.5 cm³/mol. The number of thiazole rings is 1. The van der Waals surface area contributed by atoms with Crippen LogP contribution in [0.5, 0.6) is 0 Å². The number of anilines is 1. The molecule has 24 heavy (non-hydrogen) atoms. The first kappa shape index (κ1) is 16.7. The maximum absolute atomic E-state index is 12.8. The van der Waals surface area contributed by atoms with E-state index in [-0.39, 0.29) is 15.8 Å². The first-order chi connectivity index (χ1) is 11.3. The van der Waals surface area contributed by atoms with E-state index < -0.39 is 10.0 Å². The van der Waals surface area contributed by atoms with E-state index >= 15 is 0 Å². The van der Waals surface area contributed by atoms with Crippen LogP contribution in [-0.4, -0.2) is 20.0 Å². The van der Waals surface area contributed by atoms with Crippen molar-refractivity contribution in [3.63, 3.8) is 0 Å². The molecular weight excluding hydrogens is 344 g/mol. The maximum atomic E-state index is 12.8. The lowest BCUT2D eigenvalue weighted by Crippen LogP contribution is -2.26. The SMILES string of the molecule is CC(C)n1c(=O)sc2cc(S(=O)(=O)N(C)c3ccccc3)ccc21. The second kappa shape index (κ2) is 6.07. The summed E-state index contributed by atoms with van der Waals surface area (Å²) in [6, 6.07) is 13.8. The average Bonchev–Trinajstić information content (AvgIpc) is 2.89. The van der Waals surface area contributed by atoms with Gasteiger partial charge < -0.3 is 0 Å². The van der Waals surface area contributed by atoms with Crippen LogP contribution in [0.15, 0.2) is 58.2 Å². The van der Waals surface area contributed by atoms with Gasteiger partial charge in [-0.05, 0) is 44.2 Å². The summed E-state index contributed by atoms with van der Waals surface area (Å²) in [7, 11) is -2.15. The van der Waals surface area contributed by atoms with E-state index in [2.05, 4.69) is 0 Å². The molecule has 0 aliphatic rings. The highest BCUT2D eigenvalue weighted by molar-refractivity contribution is 7.92. The molecule has 0 saturated carbocycles. The quantitative estimate of drug-likeness (QED) is 0.714. The van der Waals surface area contributed by atoms with E-state index in [4.69, 9.17) is 0 Å². The monoisotopic (exact) mass is 362 g/mol. The van der Waals surface area contributed by atoms with Gasteiger partial charge in [-0.25, -0.2) is 8.42 Å². The van der Waals surface area contributed by atoms with Crippen molar-refractivity contribution in [2.45, 2.75) is 24.8 Å². The third-order valence-corrected chi connectivity index (χ3v) is 6.58. The summed E-state index contributed by atoms with van der Waals surface area (Å²) in [5, 5.41) is 0. The maximum Gasteiger partial charge on any atom is 0.308 e. The van der Waals surface area contributed by atoms with E-state index in [1.807, 2.05) is 19.9 Å². The molecule has 7 heteroatoms. The fourth-order valence-corrected chi connectivity index (χ4v) is 4.95. The van der Waals surface area contributed by atoms with Crippen molar-refractivity contribution < 1.29 is 8.42 Å². The van der Waals surface area contributed by atoms with Crippen LogP contribution in [0.3, 0.4) is 0 Å². The number of benzene rings is 2. The van der Waals surface area contributed by atoms with Gasteiger partial charge in [0.25, 0.3) is 10.0 Å². The molecule has 0 spiro atoms. The number of aromatic nitrogens is 1. The molecule has 2 aromatic carbocycles. The Morgan fingerprint density at radius 2 is 1.75 bits per heavy atom. The molecule has 1 heterocycles. The molecule has 0 unspecified atom stereocenters. The van der Waals surface area contributed by atoms with Gasteiger partial charge in [0, 0.05) is 13.1 Å². The molecule has 126 valence electrons. The Hall–Kier alpha value is -2.12. The van der Waals surface area contributed by atoms with Gasteiger partial charge in [-0.15, -0.1) is 0 Å². The lowest BCUT2D eigenvalue weighted by molar-refractivity contribution is 0.594. The Balaban J connectivity index is 2.11. The molecule has 3 aromatic rings. The number of fused-ring (bicyclic) bond motifs is 1. The van der Waals surface area contributed by atoms with Gasteiger partial charge in [0.1, 0.15) is 0 Å². The zero-order valence-corrected chi connectivity index (χ0v) is 15.3. The standard InChI is InChI=1S/C17H18N2O3S2/c1-12(2)19-15-10-9-14(11-16(15)23-17(19)20)24(21,22)18(3)13-7-5-4-6-8-13/h4-12H,1-3H3. The van der Waals surface area contributed by atoms with Crippen molar-refractivity contribution in [2.75, 3.05) is 11.4 Å². The smallest absolute Gasteiger partial charge is 0.296 e. The lowest BCUT2D eigenvalue weighted by Gasteiger charge is -2.19. The predicted octanol–water partition coefficient (Wildman–Crippen LogP) is 3.47. The number of hydrogen-bond acceptors (Lipinski definition) is 4. The highest BCUT2D eigenvalue weighted by Crippen LogP contribution is 2.27. The topological polar surface area (TPSA) is 59.4 Å². The molecule has 0 radical (unpaired) electrons. The van der Waals surface area contributed by atoms with Crippen LogP contribution in [0, 0.1) is 0 Å². The summed E-state index contributed by atoms with van der Waals surface area (Å²) in [5.41, 5.74) is 1.35. The summed E-state index contributed by atoms with van der Waals surface area (Å²) in [4.78, 5) is 12.2. The number of nitrogens with zero attached hydrogens (tertiary/aromatic N) is 2. The molecule has 0 aliphatic heterocycles. The summed E-state index contributed by atoms with van der Waals surface area (Å²) in [6.45, 7) is 3.86. The molecule has 3 rings (SSSR count). The summed E-state index contributed by atoms with van der Waals surface area (Å²) in [6.07, 6.45) is 0. The Bertz CT molecular complexity index is 1030. The second-order valence-electron chi connectivity index (χ2n) is 5.77. The molecule has 0 atom stereocenters. The lowest BCUT2D eigenvalue weighted by atomic mass is 10.3. The molecule has 1 aromatic heterocycles. The molecule has 0 saturated heterocycles. The Morgan fingerprint density at radius 1 is 1.08 bits per heavy atom. The van der Waals surface area contributed by atoms with Crippen molar-refractivity contribution in [3.8, 4) is 0 Å². The molecule has 0 aliphatic carbocycles. The average molecular weight is 362 g/mol. The van der Waals surface area contributed by atoms with Crippen molar-refractivity contribution >= 4 is 37.3 Å². The van der Waals surface area contributed by atoms with E-state index in [0.717, 1.165) is 16.9 Å². The summed E-state index contributed by atoms with van der Waals surface area (Å²) < 4.78 is 29.3. The second-order valence-corrected chi connectivity index (χ2v) is 8.73. The first-order valence-electron chi connectivity index (χ1n) is 7.51. The van der Waals surface area contributed by atoms with E-state index in [1.165, 1.54) is 11.4 Å². The zero-order valence-electron chi connectivity index (χ0n) is 13.6. The van der Waals surface area contributed by atoms with Gasteiger partial charge in [0.2, 0.25) is 0 Å². The third kappa shape index (κ3) is 2.74. The van der Waals surface area contributed by atoms with Crippen LogP contribution in [0.25, 0.3) is 10.2 Å². The largest absolute Gasteiger partial charge is 0.308 e. The number of hydrogen-bond donors (Lipinski definition) is 0. The first-order valence-corrected chi connectivity index (χ1v) is 9.77. The van der Waals surface area contributed by atoms with Gasteiger partial charge >= 0.3 is 4.87 Å². The summed E-state index contributed by atoms with van der Waals surface area (Å²) >= 11 is 1.07. The van der Waals surface area contributed by atoms with E-state index in [9.17, 15) is 13.2 Å². The molecular formula is C17H18N2O3S2. The van der Waals surface area contributed by atoms with Crippen molar-refractivity contribution in [1.29, 1.82) is 0 Å². The number of rotatable bonds is 4. The highest BCUT2D eigenvalue weighted by Gasteiger charge is 2.22. The number of sulfonamides is 1. The fraction of sp³-hybridized carbons (Fsp3) is 0.235. The van der Waals surface area contributed by atoms with Crippen LogP contribution < -0.4 is 9.18 Å². The minimum atomic E-state index is -3.68. The molecule has 0 amide bonds. The molecule has 0 fully saturated rings. The van der Waals surface area contributed by atoms with Crippen LogP contribution >= 0.6 is 11.3 Å². The molecule has 5 nitrogen and oxygen atoms in total. The van der Waals surface area contributed by atoms with Gasteiger partial charge in [-0.3, -0.25) is 13.7 Å². The van der Waals surface area contributed by atoms with E-state index in [1.54, 1.807) is 47.0 Å². The Kier molecular flexibility index (Phi) is 4.23. The van der Waals surface area contributed by atoms with E-state index in [0.29, 0.717) is 10.4 Å². The number of para-hydroxylation sites is 1. The van der Waals surface area contributed by atoms with Gasteiger partial charge in [-0.1, -0.05) is 29.5 Å². The van der Waals surface area contributed by atoms with Crippen molar-refractivity contribution in [2.24, 2.45) is 0 Å². The minimum Gasteiger partial charge on any atom is -0.296 e. The van der Waals surface area contributed by atoms with Crippen molar-refractivity contribution in [3.05, 3.63) is 58.2 Å². The highest BCUT2D eigenvalue weighted by atomic mass is 32.2. The molecule has 0 N–H and O–H groups in total. The fourth-order valence-electron chi connectivity index (χ4n) is 2.60. The minimum absolute atomic E-state index is 0.0284. The zero-order chi connectivity index (χ0) is 17.5. The van der Waals surface area contributed by atoms with Crippen LogP contribution in [-0.2, 0) is 10.0 Å². The van der Waals surface area contributed by atoms with Gasteiger partial charge in [0.05, 0.1) is 20.8 Å². The Morgan fingerprint density at radius 3 is 2.38 bits per heavy atom. The van der Waals surface area contributed by atoms with Crippen LogP contribution in [0.2, 0.25) is 0 Å². The van der Waals surface area contributed by atoms with Crippen LogP contribution in [0.1, 0.15) is 19.9 Å². The van der Waals surface area contributed by atoms with Gasteiger partial charge in [0.15, 0.2) is 0 Å². The van der Waals surface area contributed by atoms with Crippen LogP contribution in [0.4, 0.5) is 5.69 Å². The Labute approximate surface area is 144 Å².